The fourth-order valence-electron chi connectivity index (χ4n) is 0.775. The summed E-state index contributed by atoms with van der Waals surface area (Å²) >= 11 is 0. The molecule has 0 amide bonds. The molecule has 0 fully saturated rings. The fraction of sp³-hybridized carbons (Fsp3) is 0.143. The van der Waals surface area contributed by atoms with E-state index in [0.717, 1.165) is 11.2 Å². The van der Waals surface area contributed by atoms with Crippen LogP contribution in [0, 0.1) is 0 Å². The van der Waals surface area contributed by atoms with Crippen LogP contribution in [0.3, 0.4) is 0 Å². The van der Waals surface area contributed by atoms with E-state index in [-0.39, 0.29) is 0 Å². The van der Waals surface area contributed by atoms with Crippen molar-refractivity contribution in [1.29, 1.82) is 0 Å². The minimum Gasteiger partial charge on any atom is -0.343 e. The summed E-state index contributed by atoms with van der Waals surface area (Å²) in [7, 11) is -3.67. The van der Waals surface area contributed by atoms with Crippen molar-refractivity contribution in [3.8, 4) is 0 Å². The minimum atomic E-state index is -3.67. The van der Waals surface area contributed by atoms with Crippen LogP contribution in [0.4, 0.5) is 0 Å². The molecule has 0 spiro atoms. The smallest absolute Gasteiger partial charge is 0.261 e. The number of hydrogen-bond acceptors (Lipinski definition) is 4. The number of nitrogens with zero attached hydrogens (tertiary/aromatic N) is 2. The van der Waals surface area contributed by atoms with Crippen LogP contribution in [0.2, 0.25) is 0 Å². The SMILES string of the molecule is CS(=O)(=O)O.c1cnc2nc[nH]c2c1. The van der Waals surface area contributed by atoms with Crippen LogP contribution in [-0.4, -0.2) is 34.2 Å². The lowest BCUT2D eigenvalue weighted by molar-refractivity contribution is 0.490. The van der Waals surface area contributed by atoms with Crippen molar-refractivity contribution in [3.05, 3.63) is 24.7 Å². The first-order valence-corrected chi connectivity index (χ1v) is 5.48. The highest BCUT2D eigenvalue weighted by Gasteiger charge is 1.90. The molecule has 0 unspecified atom stereocenters. The average Bonchev–Trinajstić information content (AvgIpc) is 2.47. The van der Waals surface area contributed by atoms with Crippen LogP contribution in [0.1, 0.15) is 0 Å². The summed E-state index contributed by atoms with van der Waals surface area (Å²) in [5.41, 5.74) is 1.76. The molecule has 6 nitrogen and oxygen atoms in total. The van der Waals surface area contributed by atoms with Gasteiger partial charge in [-0.2, -0.15) is 8.42 Å². The van der Waals surface area contributed by atoms with Gasteiger partial charge in [-0.05, 0) is 12.1 Å². The van der Waals surface area contributed by atoms with Crippen molar-refractivity contribution in [2.75, 3.05) is 6.26 Å². The third kappa shape index (κ3) is 3.97. The summed E-state index contributed by atoms with van der Waals surface area (Å²) in [5, 5.41) is 0. The first kappa shape index (κ1) is 10.6. The number of pyridine rings is 1. The summed E-state index contributed by atoms with van der Waals surface area (Å²) < 4.78 is 25.9. The highest BCUT2D eigenvalue weighted by Crippen LogP contribution is 2.01. The lowest BCUT2D eigenvalue weighted by Crippen LogP contribution is -1.88. The molecule has 7 heteroatoms. The lowest BCUT2D eigenvalue weighted by atomic mass is 10.4. The molecule has 0 aliphatic heterocycles. The van der Waals surface area contributed by atoms with E-state index in [2.05, 4.69) is 15.0 Å². The quantitative estimate of drug-likeness (QED) is 0.622. The van der Waals surface area contributed by atoms with Crippen LogP contribution in [0.5, 0.6) is 0 Å². The van der Waals surface area contributed by atoms with Gasteiger partial charge in [0.05, 0.1) is 18.1 Å². The highest BCUT2D eigenvalue weighted by atomic mass is 32.2. The predicted octanol–water partition coefficient (Wildman–Crippen LogP) is 0.462. The maximum atomic E-state index is 9.19. The zero-order valence-corrected chi connectivity index (χ0v) is 8.19. The Balaban J connectivity index is 0.000000171. The molecule has 0 radical (unpaired) electrons. The third-order valence-corrected chi connectivity index (χ3v) is 1.19. The van der Waals surface area contributed by atoms with E-state index in [4.69, 9.17) is 4.55 Å². The zero-order chi connectivity index (χ0) is 10.6. The predicted molar refractivity (Wildman–Crippen MR) is 51.4 cm³/mol. The number of hydrogen-bond donors (Lipinski definition) is 2. The topological polar surface area (TPSA) is 95.9 Å². The van der Waals surface area contributed by atoms with Gasteiger partial charge in [-0.1, -0.05) is 0 Å². The third-order valence-electron chi connectivity index (χ3n) is 1.19. The molecule has 2 aromatic heterocycles. The normalized spacial score (nSPS) is 10.7. The Morgan fingerprint density at radius 1 is 1.43 bits per heavy atom. The van der Waals surface area contributed by atoms with Gasteiger partial charge in [-0.15, -0.1) is 0 Å². The van der Waals surface area contributed by atoms with Gasteiger partial charge in [-0.25, -0.2) is 9.97 Å². The Hall–Kier alpha value is -1.47. The molecule has 2 heterocycles. The second-order valence-electron chi connectivity index (χ2n) is 2.51. The van der Waals surface area contributed by atoms with Crippen LogP contribution >= 0.6 is 0 Å². The standard InChI is InChI=1S/C6H5N3.CH4O3S/c1-2-5-6(7-3-1)9-4-8-5;1-5(2,3)4/h1-4H,(H,7,8,9);1H3,(H,2,3,4). The van der Waals surface area contributed by atoms with E-state index in [0.29, 0.717) is 6.26 Å². The summed E-state index contributed by atoms with van der Waals surface area (Å²) in [5.74, 6) is 0. The van der Waals surface area contributed by atoms with Gasteiger partial charge < -0.3 is 4.98 Å². The molecule has 0 aliphatic carbocycles. The second-order valence-corrected chi connectivity index (χ2v) is 3.98. The summed E-state index contributed by atoms with van der Waals surface area (Å²) in [6.07, 6.45) is 4.08. The molecule has 0 saturated heterocycles. The van der Waals surface area contributed by atoms with Gasteiger partial charge in [-0.3, -0.25) is 4.55 Å². The van der Waals surface area contributed by atoms with Gasteiger partial charge in [0.15, 0.2) is 5.65 Å². The Kier molecular flexibility index (Phi) is 3.15. The van der Waals surface area contributed by atoms with Crippen molar-refractivity contribution in [3.63, 3.8) is 0 Å². The second kappa shape index (κ2) is 4.16. The van der Waals surface area contributed by atoms with Crippen molar-refractivity contribution in [2.45, 2.75) is 0 Å². The first-order valence-electron chi connectivity index (χ1n) is 3.63. The van der Waals surface area contributed by atoms with Crippen LogP contribution in [0.25, 0.3) is 11.2 Å². The number of fused-ring (bicyclic) bond motifs is 1. The number of aromatic amines is 1. The Bertz CT molecular complexity index is 467. The van der Waals surface area contributed by atoms with Gasteiger partial charge in [0.25, 0.3) is 10.1 Å². The van der Waals surface area contributed by atoms with Crippen molar-refractivity contribution >= 4 is 21.3 Å². The van der Waals surface area contributed by atoms with E-state index in [1.54, 1.807) is 12.5 Å². The Labute approximate surface area is 80.8 Å². The Morgan fingerprint density at radius 2 is 2.07 bits per heavy atom. The summed E-state index contributed by atoms with van der Waals surface area (Å²) in [6.45, 7) is 0. The van der Waals surface area contributed by atoms with Gasteiger partial charge in [0.2, 0.25) is 0 Å². The van der Waals surface area contributed by atoms with Crippen molar-refractivity contribution in [1.82, 2.24) is 15.0 Å². The van der Waals surface area contributed by atoms with Gasteiger partial charge in [0.1, 0.15) is 0 Å². The molecule has 14 heavy (non-hydrogen) atoms. The number of H-pyrrole nitrogens is 1. The molecular weight excluding hydrogens is 206 g/mol. The highest BCUT2D eigenvalue weighted by molar-refractivity contribution is 7.85. The van der Waals surface area contributed by atoms with Crippen molar-refractivity contribution < 1.29 is 13.0 Å². The van der Waals surface area contributed by atoms with E-state index in [9.17, 15) is 8.42 Å². The number of imidazole rings is 1. The molecule has 0 bridgehead atoms. The number of aromatic nitrogens is 3. The molecule has 0 atom stereocenters. The molecule has 76 valence electrons. The fourth-order valence-corrected chi connectivity index (χ4v) is 0.775. The number of nitrogens with one attached hydrogen (secondary N) is 1. The largest absolute Gasteiger partial charge is 0.343 e. The van der Waals surface area contributed by atoms with Crippen LogP contribution in [-0.2, 0) is 10.1 Å². The van der Waals surface area contributed by atoms with Gasteiger partial charge in [0, 0.05) is 6.20 Å². The maximum absolute atomic E-state index is 9.19. The molecule has 2 aromatic rings. The monoisotopic (exact) mass is 215 g/mol. The molecule has 0 aliphatic rings. The minimum absolute atomic E-state index is 0.715. The molecule has 2 rings (SSSR count). The van der Waals surface area contributed by atoms with E-state index in [1.807, 2.05) is 12.1 Å². The van der Waals surface area contributed by atoms with Crippen LogP contribution < -0.4 is 0 Å². The van der Waals surface area contributed by atoms with Crippen LogP contribution in [0.15, 0.2) is 24.7 Å². The molecule has 0 aromatic carbocycles. The molecular formula is C7H9N3O3S. The summed E-state index contributed by atoms with van der Waals surface area (Å²) in [6, 6.07) is 3.82. The van der Waals surface area contributed by atoms with E-state index >= 15 is 0 Å². The van der Waals surface area contributed by atoms with E-state index < -0.39 is 10.1 Å². The first-order chi connectivity index (χ1) is 6.47. The van der Waals surface area contributed by atoms with Crippen molar-refractivity contribution in [2.24, 2.45) is 0 Å². The maximum Gasteiger partial charge on any atom is 0.261 e. The Morgan fingerprint density at radius 3 is 2.64 bits per heavy atom. The van der Waals surface area contributed by atoms with E-state index in [1.165, 1.54) is 0 Å². The molecule has 2 N–H and O–H groups in total. The zero-order valence-electron chi connectivity index (χ0n) is 7.38. The average molecular weight is 215 g/mol. The molecule has 0 saturated carbocycles. The number of rotatable bonds is 0. The lowest BCUT2D eigenvalue weighted by Gasteiger charge is -1.80. The summed E-state index contributed by atoms with van der Waals surface area (Å²) in [4.78, 5) is 10.9. The van der Waals surface area contributed by atoms with Gasteiger partial charge >= 0.3 is 0 Å².